The number of likely N-dealkylation sites (tertiary alicyclic amines) is 1. The quantitative estimate of drug-likeness (QED) is 0.380. The van der Waals surface area contributed by atoms with Crippen LogP contribution in [0, 0.1) is 0 Å². The van der Waals surface area contributed by atoms with Crippen molar-refractivity contribution in [2.24, 2.45) is 0 Å². The molecule has 0 spiro atoms. The van der Waals surface area contributed by atoms with E-state index in [0.29, 0.717) is 16.0 Å². The van der Waals surface area contributed by atoms with Crippen molar-refractivity contribution in [3.05, 3.63) is 69.7 Å². The number of nitrogens with zero attached hydrogens (tertiary/aromatic N) is 2. The first-order chi connectivity index (χ1) is 18.0. The highest BCUT2D eigenvalue weighted by atomic mass is 35.5. The van der Waals surface area contributed by atoms with E-state index in [2.05, 4.69) is 57.7 Å². The van der Waals surface area contributed by atoms with E-state index in [4.69, 9.17) is 23.2 Å². The van der Waals surface area contributed by atoms with Gasteiger partial charge >= 0.3 is 0 Å². The fraction of sp³-hybridized carbons (Fsp3) is 0.567. The third kappa shape index (κ3) is 8.43. The predicted octanol–water partition coefficient (Wildman–Crippen LogP) is 5.71. The first-order valence-electron chi connectivity index (χ1n) is 14.0. The van der Waals surface area contributed by atoms with Gasteiger partial charge in [-0.15, -0.1) is 0 Å². The van der Waals surface area contributed by atoms with Gasteiger partial charge in [-0.1, -0.05) is 72.9 Å². The Bertz CT molecular complexity index is 983. The van der Waals surface area contributed by atoms with Gasteiger partial charge in [0.2, 0.25) is 5.91 Å². The van der Waals surface area contributed by atoms with Crippen LogP contribution in [0.25, 0.3) is 0 Å². The summed E-state index contributed by atoms with van der Waals surface area (Å²) in [5, 5.41) is 8.48. The zero-order valence-electron chi connectivity index (χ0n) is 22.1. The number of piperidine rings is 1. The molecule has 0 aliphatic carbocycles. The molecule has 2 aromatic rings. The second-order valence-corrected chi connectivity index (χ2v) is 11.4. The topological polar surface area (TPSA) is 47.6 Å². The van der Waals surface area contributed by atoms with Gasteiger partial charge in [-0.05, 0) is 68.5 Å². The van der Waals surface area contributed by atoms with Crippen molar-refractivity contribution in [2.75, 3.05) is 39.3 Å². The molecule has 2 heterocycles. The molecule has 5 nitrogen and oxygen atoms in total. The summed E-state index contributed by atoms with van der Waals surface area (Å²) in [7, 11) is 0. The fourth-order valence-electron chi connectivity index (χ4n) is 5.63. The van der Waals surface area contributed by atoms with Gasteiger partial charge in [0.1, 0.15) is 0 Å². The monoisotopic (exact) mass is 544 g/mol. The Hall–Kier alpha value is -1.63. The van der Waals surface area contributed by atoms with Crippen LogP contribution in [0.1, 0.15) is 62.5 Å². The Labute approximate surface area is 232 Å². The van der Waals surface area contributed by atoms with Crippen LogP contribution in [0.3, 0.4) is 0 Å². The second kappa shape index (κ2) is 14.5. The summed E-state index contributed by atoms with van der Waals surface area (Å²) in [6.07, 6.45) is 6.69. The van der Waals surface area contributed by atoms with E-state index in [1.54, 1.807) is 0 Å². The zero-order chi connectivity index (χ0) is 26.0. The molecule has 2 fully saturated rings. The lowest BCUT2D eigenvalue weighted by Crippen LogP contribution is -2.50. The van der Waals surface area contributed by atoms with Crippen LogP contribution in [-0.4, -0.2) is 67.1 Å². The molecule has 7 heteroatoms. The van der Waals surface area contributed by atoms with Crippen molar-refractivity contribution >= 4 is 29.1 Å². The molecular formula is C30H42Cl2N4O. The predicted molar refractivity (Wildman–Crippen MR) is 154 cm³/mol. The Kier molecular flexibility index (Phi) is 11.1. The third-order valence-corrected chi connectivity index (χ3v) is 8.62. The first kappa shape index (κ1) is 28.4. The number of hydrogen-bond donors (Lipinski definition) is 2. The molecule has 0 radical (unpaired) electrons. The van der Waals surface area contributed by atoms with Crippen LogP contribution in [0.2, 0.25) is 10.0 Å². The molecule has 2 aliphatic heterocycles. The second-order valence-electron chi connectivity index (χ2n) is 10.6. The Morgan fingerprint density at radius 1 is 1.03 bits per heavy atom. The minimum atomic E-state index is -0.144. The molecule has 202 valence electrons. The molecule has 0 saturated carbocycles. The molecule has 1 amide bonds. The Morgan fingerprint density at radius 3 is 2.54 bits per heavy atom. The summed E-state index contributed by atoms with van der Waals surface area (Å²) in [5.74, 6) is 0.621. The number of halogens is 2. The van der Waals surface area contributed by atoms with E-state index in [1.165, 1.54) is 24.8 Å². The van der Waals surface area contributed by atoms with Crippen molar-refractivity contribution in [1.29, 1.82) is 0 Å². The van der Waals surface area contributed by atoms with Gasteiger partial charge < -0.3 is 20.4 Å². The molecule has 37 heavy (non-hydrogen) atoms. The van der Waals surface area contributed by atoms with Crippen molar-refractivity contribution in [3.63, 3.8) is 0 Å². The summed E-state index contributed by atoms with van der Waals surface area (Å²) in [6.45, 7) is 8.61. The summed E-state index contributed by atoms with van der Waals surface area (Å²) >= 11 is 12.3. The van der Waals surface area contributed by atoms with E-state index >= 15 is 0 Å². The molecule has 2 unspecified atom stereocenters. The number of nitrogens with one attached hydrogen (secondary N) is 2. The van der Waals surface area contributed by atoms with E-state index in [1.807, 2.05) is 18.2 Å². The maximum atomic E-state index is 13.8. The maximum absolute atomic E-state index is 13.8. The normalized spacial score (nSPS) is 22.1. The maximum Gasteiger partial charge on any atom is 0.239 e. The molecular weight excluding hydrogens is 503 g/mol. The number of rotatable bonds is 11. The first-order valence-corrected chi connectivity index (χ1v) is 14.8. The average molecular weight is 546 g/mol. The van der Waals surface area contributed by atoms with Gasteiger partial charge in [0.05, 0.1) is 16.1 Å². The van der Waals surface area contributed by atoms with Crippen LogP contribution in [0.15, 0.2) is 48.5 Å². The molecule has 2 aliphatic rings. The smallest absolute Gasteiger partial charge is 0.239 e. The van der Waals surface area contributed by atoms with Crippen molar-refractivity contribution in [2.45, 2.75) is 70.0 Å². The Balaban J connectivity index is 1.40. The van der Waals surface area contributed by atoms with Gasteiger partial charge in [-0.25, -0.2) is 0 Å². The SMILES string of the molecule is CC[C@H](CN1CCC(CNCc2ccc(Cl)c(Cl)c2)NC(CCN2CCCCC2)C1=O)c1ccccc1. The molecule has 4 rings (SSSR count). The summed E-state index contributed by atoms with van der Waals surface area (Å²) in [5.41, 5.74) is 2.43. The van der Waals surface area contributed by atoms with E-state index < -0.39 is 0 Å². The molecule has 0 aromatic heterocycles. The Morgan fingerprint density at radius 2 is 1.81 bits per heavy atom. The zero-order valence-corrected chi connectivity index (χ0v) is 23.6. The molecule has 2 saturated heterocycles. The third-order valence-electron chi connectivity index (χ3n) is 7.89. The molecule has 0 bridgehead atoms. The van der Waals surface area contributed by atoms with Gasteiger partial charge in [0.15, 0.2) is 0 Å². The van der Waals surface area contributed by atoms with E-state index in [9.17, 15) is 4.79 Å². The van der Waals surface area contributed by atoms with Gasteiger partial charge in [-0.3, -0.25) is 4.79 Å². The van der Waals surface area contributed by atoms with Crippen molar-refractivity contribution in [1.82, 2.24) is 20.4 Å². The molecule has 3 atom stereocenters. The van der Waals surface area contributed by atoms with Gasteiger partial charge in [0.25, 0.3) is 0 Å². The van der Waals surface area contributed by atoms with Crippen LogP contribution in [0.4, 0.5) is 0 Å². The van der Waals surface area contributed by atoms with Crippen molar-refractivity contribution in [3.8, 4) is 0 Å². The van der Waals surface area contributed by atoms with Crippen molar-refractivity contribution < 1.29 is 4.79 Å². The largest absolute Gasteiger partial charge is 0.341 e. The lowest BCUT2D eigenvalue weighted by atomic mass is 9.95. The molecule has 2 N–H and O–H groups in total. The lowest BCUT2D eigenvalue weighted by molar-refractivity contribution is -0.133. The molecule has 2 aromatic carbocycles. The highest BCUT2D eigenvalue weighted by Gasteiger charge is 2.32. The van der Waals surface area contributed by atoms with Crippen LogP contribution < -0.4 is 10.6 Å². The fourth-order valence-corrected chi connectivity index (χ4v) is 5.95. The van der Waals surface area contributed by atoms with Gasteiger partial charge in [0, 0.05) is 44.7 Å². The van der Waals surface area contributed by atoms with Crippen LogP contribution in [-0.2, 0) is 11.3 Å². The highest BCUT2D eigenvalue weighted by Crippen LogP contribution is 2.24. The summed E-state index contributed by atoms with van der Waals surface area (Å²) < 4.78 is 0. The number of benzene rings is 2. The summed E-state index contributed by atoms with van der Waals surface area (Å²) in [4.78, 5) is 18.5. The lowest BCUT2D eigenvalue weighted by Gasteiger charge is -2.31. The minimum absolute atomic E-state index is 0.144. The van der Waals surface area contributed by atoms with E-state index in [0.717, 1.165) is 70.6 Å². The number of carbonyl (C=O) groups is 1. The highest BCUT2D eigenvalue weighted by molar-refractivity contribution is 6.42. The number of carbonyl (C=O) groups excluding carboxylic acids is 1. The standard InChI is InChI=1S/C30H42Cl2N4O/c1-2-24(25-9-5-3-6-10-25)22-36-18-13-26(21-33-20-23-11-12-27(31)28(32)19-23)34-29(30(36)37)14-17-35-15-7-4-8-16-35/h3,5-6,9-12,19,24,26,29,33-34H,2,4,7-8,13-18,20-22H2,1H3/t24-,26?,29?/m1/s1. The number of amides is 1. The van der Waals surface area contributed by atoms with Crippen LogP contribution in [0.5, 0.6) is 0 Å². The minimum Gasteiger partial charge on any atom is -0.341 e. The average Bonchev–Trinajstić information content (AvgIpc) is 3.07. The summed E-state index contributed by atoms with van der Waals surface area (Å²) in [6, 6.07) is 16.5. The van der Waals surface area contributed by atoms with Gasteiger partial charge in [-0.2, -0.15) is 0 Å². The van der Waals surface area contributed by atoms with E-state index in [-0.39, 0.29) is 18.0 Å². The number of hydrogen-bond acceptors (Lipinski definition) is 4. The van der Waals surface area contributed by atoms with Crippen LogP contribution >= 0.6 is 23.2 Å².